The summed E-state index contributed by atoms with van der Waals surface area (Å²) in [4.78, 5) is 10.3. The molecule has 0 amide bonds. The number of benzene rings is 7. The van der Waals surface area contributed by atoms with Crippen LogP contribution in [0.2, 0.25) is 0 Å². The maximum Gasteiger partial charge on any atom is 0.165 e. The molecule has 0 unspecified atom stereocenters. The van der Waals surface area contributed by atoms with Crippen LogP contribution in [0, 0.1) is 0 Å². The number of para-hydroxylation sites is 2. The van der Waals surface area contributed by atoms with E-state index in [1.165, 1.54) is 0 Å². The minimum atomic E-state index is -0.418. The maximum atomic E-state index is 8.79. The van der Waals surface area contributed by atoms with Gasteiger partial charge in [-0.1, -0.05) is 121 Å². The Hall–Kier alpha value is -6.32. The van der Waals surface area contributed by atoms with Crippen LogP contribution in [-0.4, -0.2) is 14.5 Å². The van der Waals surface area contributed by atoms with Gasteiger partial charge in [-0.15, -0.1) is 0 Å². The molecule has 2 heterocycles. The summed E-state index contributed by atoms with van der Waals surface area (Å²) in [6.45, 7) is 0. The van der Waals surface area contributed by atoms with Crippen LogP contribution in [0.3, 0.4) is 0 Å². The fourth-order valence-electron chi connectivity index (χ4n) is 6.39. The van der Waals surface area contributed by atoms with Crippen molar-refractivity contribution in [1.29, 1.82) is 0 Å². The second-order valence-corrected chi connectivity index (χ2v) is 11.5. The highest BCUT2D eigenvalue weighted by atomic mass is 15.1. The van der Waals surface area contributed by atoms with Crippen molar-refractivity contribution in [3.05, 3.63) is 176 Å². The lowest BCUT2D eigenvalue weighted by molar-refractivity contribution is 1.14. The van der Waals surface area contributed by atoms with Crippen LogP contribution in [0.1, 0.15) is 6.85 Å². The fourth-order valence-corrected chi connectivity index (χ4v) is 6.39. The molecule has 0 saturated carbocycles. The average molecular weight is 605 g/mol. The van der Waals surface area contributed by atoms with Crippen molar-refractivity contribution in [1.82, 2.24) is 14.5 Å². The number of rotatable bonds is 5. The molecule has 0 bridgehead atoms. The first-order chi connectivity index (χ1) is 25.4. The topological polar surface area (TPSA) is 30.7 Å². The van der Waals surface area contributed by atoms with Crippen molar-refractivity contribution in [3.8, 4) is 50.2 Å². The van der Waals surface area contributed by atoms with Crippen molar-refractivity contribution in [2.45, 2.75) is 0 Å². The van der Waals surface area contributed by atoms with Gasteiger partial charge in [0, 0.05) is 11.1 Å². The van der Waals surface area contributed by atoms with Gasteiger partial charge in [0.15, 0.2) is 5.65 Å². The maximum absolute atomic E-state index is 8.79. The Labute approximate surface area is 280 Å². The summed E-state index contributed by atoms with van der Waals surface area (Å²) in [5.74, 6) is 0. The minimum absolute atomic E-state index is 0.157. The highest BCUT2D eigenvalue weighted by molar-refractivity contribution is 6.07. The molecule has 3 nitrogen and oxygen atoms in total. The highest BCUT2D eigenvalue weighted by Crippen LogP contribution is 2.36. The van der Waals surface area contributed by atoms with E-state index in [1.54, 1.807) is 0 Å². The molecule has 47 heavy (non-hydrogen) atoms. The summed E-state index contributed by atoms with van der Waals surface area (Å²) in [6.07, 6.45) is 0. The van der Waals surface area contributed by atoms with E-state index in [0.717, 1.165) is 72.2 Å². The second kappa shape index (κ2) is 11.2. The molecule has 0 spiro atoms. The summed E-state index contributed by atoms with van der Waals surface area (Å²) in [6, 6.07) is 47.0. The van der Waals surface area contributed by atoms with Gasteiger partial charge >= 0.3 is 0 Å². The Morgan fingerprint density at radius 1 is 0.426 bits per heavy atom. The Morgan fingerprint density at radius 3 is 1.79 bits per heavy atom. The third kappa shape index (κ3) is 4.86. The second-order valence-electron chi connectivity index (χ2n) is 11.5. The zero-order chi connectivity index (χ0) is 35.5. The van der Waals surface area contributed by atoms with Crippen LogP contribution in [0.25, 0.3) is 83.3 Å². The van der Waals surface area contributed by atoms with E-state index in [2.05, 4.69) is 59.2 Å². The van der Waals surface area contributed by atoms with E-state index >= 15 is 0 Å². The zero-order valence-corrected chi connectivity index (χ0v) is 25.2. The van der Waals surface area contributed by atoms with Crippen molar-refractivity contribution >= 4 is 33.1 Å². The van der Waals surface area contributed by atoms with E-state index in [-0.39, 0.29) is 29.7 Å². The summed E-state index contributed by atoms with van der Waals surface area (Å²) >= 11 is 0. The molecule has 0 atom stereocenters. The fraction of sp³-hybridized carbons (Fsp3) is 0. The van der Waals surface area contributed by atoms with Crippen LogP contribution in [-0.2, 0) is 0 Å². The molecule has 9 aromatic rings. The minimum Gasteiger partial charge on any atom is -0.293 e. The van der Waals surface area contributed by atoms with Gasteiger partial charge in [0.25, 0.3) is 0 Å². The first-order valence-electron chi connectivity index (χ1n) is 18.0. The Balaban J connectivity index is 1.26. The number of hydrogen-bond acceptors (Lipinski definition) is 2. The van der Waals surface area contributed by atoms with Gasteiger partial charge in [-0.05, 0) is 99.1 Å². The number of fused-ring (bicyclic) bond motifs is 4. The molecule has 0 aliphatic heterocycles. The van der Waals surface area contributed by atoms with Gasteiger partial charge < -0.3 is 0 Å². The first kappa shape index (κ1) is 22.2. The third-order valence-corrected chi connectivity index (χ3v) is 8.63. The molecule has 220 valence electrons. The summed E-state index contributed by atoms with van der Waals surface area (Å²) < 4.78 is 44.7. The predicted molar refractivity (Wildman–Crippen MR) is 196 cm³/mol. The molecule has 9 rings (SSSR count). The highest BCUT2D eigenvalue weighted by Gasteiger charge is 2.16. The van der Waals surface area contributed by atoms with E-state index in [4.69, 9.17) is 16.8 Å². The van der Waals surface area contributed by atoms with E-state index < -0.39 is 6.04 Å². The molecule has 0 radical (unpaired) electrons. The molecule has 0 aliphatic rings. The van der Waals surface area contributed by atoms with Gasteiger partial charge in [-0.2, -0.15) is 0 Å². The first-order valence-corrected chi connectivity index (χ1v) is 15.5. The van der Waals surface area contributed by atoms with Crippen LogP contribution in [0.5, 0.6) is 0 Å². The van der Waals surface area contributed by atoms with Crippen molar-refractivity contribution in [2.24, 2.45) is 0 Å². The predicted octanol–water partition coefficient (Wildman–Crippen LogP) is 11.4. The molecular weight excluding hydrogens is 571 g/mol. The van der Waals surface area contributed by atoms with Crippen molar-refractivity contribution < 1.29 is 6.85 Å². The largest absolute Gasteiger partial charge is 0.293 e. The summed E-state index contributed by atoms with van der Waals surface area (Å²) in [5.41, 5.74) is 11.4. The smallest absolute Gasteiger partial charge is 0.165 e. The van der Waals surface area contributed by atoms with Crippen molar-refractivity contribution in [2.75, 3.05) is 0 Å². The summed E-state index contributed by atoms with van der Waals surface area (Å²) in [7, 11) is 0. The van der Waals surface area contributed by atoms with Gasteiger partial charge in [-0.3, -0.25) is 4.57 Å². The zero-order valence-electron chi connectivity index (χ0n) is 30.2. The number of aromatic nitrogens is 3. The quantitative estimate of drug-likeness (QED) is 0.196. The Kier molecular flexibility index (Phi) is 5.32. The normalized spacial score (nSPS) is 12.9. The van der Waals surface area contributed by atoms with Gasteiger partial charge in [-0.25, -0.2) is 9.97 Å². The number of nitrogens with zero attached hydrogens (tertiary/aromatic N) is 3. The lowest BCUT2D eigenvalue weighted by Gasteiger charge is -2.13. The third-order valence-electron chi connectivity index (χ3n) is 8.63. The lowest BCUT2D eigenvalue weighted by atomic mass is 9.92. The molecule has 0 N–H and O–H groups in total. The molecule has 0 fully saturated rings. The van der Waals surface area contributed by atoms with Crippen LogP contribution in [0.15, 0.2) is 176 Å². The lowest BCUT2D eigenvalue weighted by Crippen LogP contribution is -1.96. The van der Waals surface area contributed by atoms with E-state index in [1.807, 2.05) is 91.0 Å². The van der Waals surface area contributed by atoms with Crippen LogP contribution < -0.4 is 0 Å². The van der Waals surface area contributed by atoms with Gasteiger partial charge in [0.2, 0.25) is 0 Å². The van der Waals surface area contributed by atoms with Crippen molar-refractivity contribution in [3.63, 3.8) is 0 Å². The molecule has 2 aromatic heterocycles. The van der Waals surface area contributed by atoms with E-state index in [9.17, 15) is 0 Å². The van der Waals surface area contributed by atoms with Gasteiger partial charge in [0.1, 0.15) is 5.52 Å². The Bertz CT molecular complexity index is 2820. The standard InChI is InChI=1S/C44H29N3/c1-4-13-30(14-5-1)32-17-12-18-33(25-32)36-26-35(31-15-6-2-7-16-31)27-37(28-36)34-23-24-40-41(29-34)45-43-39-21-10-11-22-42(39)47(44(43)46-40)38-19-8-3-9-20-38/h1-29H/i2D,6D,7D,15D,16D. The molecule has 0 saturated heterocycles. The molecule has 0 aliphatic carbocycles. The Morgan fingerprint density at radius 2 is 1.02 bits per heavy atom. The molecule has 3 heteroatoms. The SMILES string of the molecule is [2H]c1c([2H])c([2H])c(-c2cc(-c3cccc(-c4ccccc4)c3)cc(-c3ccc4nc5c(nc4c3)c3ccccc3n5-c3ccccc3)c2)c([2H])c1[2H]. The monoisotopic (exact) mass is 604 g/mol. The number of hydrogen-bond donors (Lipinski definition) is 0. The summed E-state index contributed by atoms with van der Waals surface area (Å²) in [5, 5.41) is 1.00. The van der Waals surface area contributed by atoms with E-state index in [0.29, 0.717) is 5.56 Å². The average Bonchev–Trinajstić information content (AvgIpc) is 3.52. The molecule has 7 aromatic carbocycles. The van der Waals surface area contributed by atoms with Crippen LogP contribution in [0.4, 0.5) is 0 Å². The molecular formula is C44H29N3. The van der Waals surface area contributed by atoms with Gasteiger partial charge in [0.05, 0.1) is 23.4 Å². The van der Waals surface area contributed by atoms with Crippen LogP contribution >= 0.6 is 0 Å².